The van der Waals surface area contributed by atoms with E-state index in [2.05, 4.69) is 25.7 Å². The second-order valence-electron chi connectivity index (χ2n) is 3.81. The molecule has 0 spiro atoms. The van der Waals surface area contributed by atoms with Gasteiger partial charge in [0, 0.05) is 0 Å². The minimum Gasteiger partial charge on any atom is -0.415 e. The van der Waals surface area contributed by atoms with Crippen molar-refractivity contribution in [3.63, 3.8) is 0 Å². The lowest BCUT2D eigenvalue weighted by atomic mass is 10.3. The number of amides is 1. The smallest absolute Gasteiger partial charge is 0.277 e. The van der Waals surface area contributed by atoms with E-state index in [1.54, 1.807) is 0 Å². The minimum atomic E-state index is -0.162. The van der Waals surface area contributed by atoms with Gasteiger partial charge in [-0.2, -0.15) is 5.10 Å². The third-order valence-electron chi connectivity index (χ3n) is 2.34. The predicted molar refractivity (Wildman–Crippen MR) is 69.6 cm³/mol. The second kappa shape index (κ2) is 5.85. The van der Waals surface area contributed by atoms with Crippen LogP contribution in [0.3, 0.4) is 0 Å². The summed E-state index contributed by atoms with van der Waals surface area (Å²) in [5.74, 6) is 0.366. The van der Waals surface area contributed by atoms with E-state index in [9.17, 15) is 4.79 Å². The summed E-state index contributed by atoms with van der Waals surface area (Å²) in [6.45, 7) is 3.85. The number of aromatic nitrogens is 4. The van der Waals surface area contributed by atoms with E-state index in [1.165, 1.54) is 0 Å². The lowest BCUT2D eigenvalue weighted by Gasteiger charge is -2.03. The van der Waals surface area contributed by atoms with Gasteiger partial charge in [0.25, 0.3) is 5.22 Å². The number of rotatable bonds is 5. The van der Waals surface area contributed by atoms with E-state index < -0.39 is 0 Å². The molecule has 0 fully saturated rings. The molecule has 0 aliphatic rings. The molecule has 4 N–H and O–H groups in total. The Morgan fingerprint density at radius 2 is 2.26 bits per heavy atom. The molecule has 9 heteroatoms. The predicted octanol–water partition coefficient (Wildman–Crippen LogP) is 0.599. The normalized spacial score (nSPS) is 10.7. The van der Waals surface area contributed by atoms with Crippen molar-refractivity contribution in [1.29, 1.82) is 0 Å². The van der Waals surface area contributed by atoms with Gasteiger partial charge in [-0.3, -0.25) is 9.89 Å². The lowest BCUT2D eigenvalue weighted by molar-refractivity contribution is -0.113. The molecule has 0 bridgehead atoms. The van der Waals surface area contributed by atoms with Crippen LogP contribution in [0.1, 0.15) is 17.3 Å². The number of anilines is 1. The summed E-state index contributed by atoms with van der Waals surface area (Å²) in [5.41, 5.74) is 7.62. The van der Waals surface area contributed by atoms with E-state index in [-0.39, 0.29) is 18.2 Å². The molecule has 0 unspecified atom stereocenters. The first-order valence-electron chi connectivity index (χ1n) is 5.56. The number of carbonyl (C=O) groups excluding carboxylic acids is 1. The number of nitrogens with zero attached hydrogens (tertiary/aromatic N) is 3. The molecule has 2 aromatic heterocycles. The van der Waals surface area contributed by atoms with E-state index in [1.807, 2.05) is 13.8 Å². The van der Waals surface area contributed by atoms with Crippen LogP contribution in [0.25, 0.3) is 0 Å². The Morgan fingerprint density at radius 3 is 2.84 bits per heavy atom. The Balaban J connectivity index is 1.88. The van der Waals surface area contributed by atoms with Crippen molar-refractivity contribution in [1.82, 2.24) is 20.4 Å². The number of thioether (sulfide) groups is 1. The number of aryl methyl sites for hydroxylation is 2. The molecule has 8 nitrogen and oxygen atoms in total. The Labute approximate surface area is 113 Å². The highest BCUT2D eigenvalue weighted by Crippen LogP contribution is 2.19. The monoisotopic (exact) mass is 282 g/mol. The number of hydrogen-bond donors (Lipinski definition) is 3. The van der Waals surface area contributed by atoms with Gasteiger partial charge in [-0.1, -0.05) is 11.8 Å². The summed E-state index contributed by atoms with van der Waals surface area (Å²) in [5, 5.41) is 17.4. The van der Waals surface area contributed by atoms with Crippen LogP contribution >= 0.6 is 11.8 Å². The maximum atomic E-state index is 11.8. The molecule has 2 aromatic rings. The first kappa shape index (κ1) is 13.6. The van der Waals surface area contributed by atoms with Crippen LogP contribution in [-0.4, -0.2) is 32.1 Å². The van der Waals surface area contributed by atoms with Gasteiger partial charge < -0.3 is 15.5 Å². The van der Waals surface area contributed by atoms with Crippen molar-refractivity contribution in [2.75, 3.05) is 11.1 Å². The number of carbonyl (C=O) groups is 1. The Morgan fingerprint density at radius 1 is 1.47 bits per heavy atom. The number of H-pyrrole nitrogens is 1. The quantitative estimate of drug-likeness (QED) is 0.686. The maximum absolute atomic E-state index is 11.8. The molecule has 1 amide bonds. The van der Waals surface area contributed by atoms with Crippen molar-refractivity contribution in [3.05, 3.63) is 17.3 Å². The van der Waals surface area contributed by atoms with E-state index in [0.29, 0.717) is 16.8 Å². The van der Waals surface area contributed by atoms with Gasteiger partial charge in [0.2, 0.25) is 11.8 Å². The topological polar surface area (TPSA) is 123 Å². The number of nitrogens with one attached hydrogen (secondary N) is 2. The van der Waals surface area contributed by atoms with Gasteiger partial charge in [-0.25, -0.2) is 0 Å². The molecule has 0 saturated heterocycles. The average Bonchev–Trinajstić information content (AvgIpc) is 2.98. The summed E-state index contributed by atoms with van der Waals surface area (Å²) in [6.07, 6.45) is 0. The van der Waals surface area contributed by atoms with Crippen LogP contribution in [0.5, 0.6) is 0 Å². The molecule has 2 heterocycles. The SMILES string of the molecule is Cc1n[nH]c(C)c1NC(=O)CSc1nnc(CN)o1. The standard InChI is InChI=1S/C10H14N6O2S/c1-5-9(6(2)14-13-5)12-7(17)4-19-10-16-15-8(3-11)18-10/h3-4,11H2,1-2H3,(H,12,17)(H,13,14). The molecule has 0 aliphatic carbocycles. The Bertz CT molecular complexity index is 559. The maximum Gasteiger partial charge on any atom is 0.277 e. The molecular formula is C10H14N6O2S. The van der Waals surface area contributed by atoms with E-state index in [0.717, 1.165) is 23.1 Å². The third kappa shape index (κ3) is 3.32. The fourth-order valence-corrected chi connectivity index (χ4v) is 2.00. The zero-order chi connectivity index (χ0) is 13.8. The minimum absolute atomic E-state index is 0.162. The van der Waals surface area contributed by atoms with Gasteiger partial charge in [0.15, 0.2) is 0 Å². The molecule has 0 saturated carbocycles. The van der Waals surface area contributed by atoms with Crippen molar-refractivity contribution in [3.8, 4) is 0 Å². The van der Waals surface area contributed by atoms with Crippen LogP contribution in [0.15, 0.2) is 9.64 Å². The zero-order valence-corrected chi connectivity index (χ0v) is 11.4. The summed E-state index contributed by atoms with van der Waals surface area (Å²) in [4.78, 5) is 11.8. The third-order valence-corrected chi connectivity index (χ3v) is 3.16. The Kier molecular flexibility index (Phi) is 4.17. The first-order valence-corrected chi connectivity index (χ1v) is 6.55. The van der Waals surface area contributed by atoms with Gasteiger partial charge >= 0.3 is 0 Å². The molecule has 102 valence electrons. The molecule has 0 aliphatic heterocycles. The van der Waals surface area contributed by atoms with Crippen LogP contribution in [0.2, 0.25) is 0 Å². The van der Waals surface area contributed by atoms with Gasteiger partial charge in [-0.15, -0.1) is 10.2 Å². The number of hydrogen-bond acceptors (Lipinski definition) is 7. The van der Waals surface area contributed by atoms with Crippen LogP contribution < -0.4 is 11.1 Å². The summed E-state index contributed by atoms with van der Waals surface area (Å²) < 4.78 is 5.18. The second-order valence-corrected chi connectivity index (χ2v) is 4.74. The van der Waals surface area contributed by atoms with Crippen molar-refractivity contribution >= 4 is 23.4 Å². The van der Waals surface area contributed by atoms with E-state index in [4.69, 9.17) is 10.2 Å². The van der Waals surface area contributed by atoms with Gasteiger partial charge in [0.05, 0.1) is 29.4 Å². The number of aromatic amines is 1. The summed E-state index contributed by atoms with van der Waals surface area (Å²) in [6, 6.07) is 0. The largest absolute Gasteiger partial charge is 0.415 e. The van der Waals surface area contributed by atoms with Crippen LogP contribution in [-0.2, 0) is 11.3 Å². The highest BCUT2D eigenvalue weighted by molar-refractivity contribution is 7.99. The van der Waals surface area contributed by atoms with Crippen LogP contribution in [0.4, 0.5) is 5.69 Å². The van der Waals surface area contributed by atoms with Crippen molar-refractivity contribution < 1.29 is 9.21 Å². The van der Waals surface area contributed by atoms with Crippen LogP contribution in [0, 0.1) is 13.8 Å². The van der Waals surface area contributed by atoms with Gasteiger partial charge in [-0.05, 0) is 13.8 Å². The Hall–Kier alpha value is -1.87. The molecule has 0 aromatic carbocycles. The zero-order valence-electron chi connectivity index (χ0n) is 10.6. The molecule has 19 heavy (non-hydrogen) atoms. The lowest BCUT2D eigenvalue weighted by Crippen LogP contribution is -2.15. The molecular weight excluding hydrogens is 268 g/mol. The molecule has 0 radical (unpaired) electrons. The van der Waals surface area contributed by atoms with E-state index >= 15 is 0 Å². The van der Waals surface area contributed by atoms with Gasteiger partial charge in [0.1, 0.15) is 0 Å². The van der Waals surface area contributed by atoms with Crippen molar-refractivity contribution in [2.24, 2.45) is 5.73 Å². The first-order chi connectivity index (χ1) is 9.10. The summed E-state index contributed by atoms with van der Waals surface area (Å²) >= 11 is 1.16. The highest BCUT2D eigenvalue weighted by Gasteiger charge is 2.12. The van der Waals surface area contributed by atoms with Crippen molar-refractivity contribution in [2.45, 2.75) is 25.6 Å². The fraction of sp³-hybridized carbons (Fsp3) is 0.400. The summed E-state index contributed by atoms with van der Waals surface area (Å²) in [7, 11) is 0. The average molecular weight is 282 g/mol. The molecule has 0 atom stereocenters. The number of nitrogens with two attached hydrogens (primary N) is 1. The molecule has 2 rings (SSSR count). The highest BCUT2D eigenvalue weighted by atomic mass is 32.2. The fourth-order valence-electron chi connectivity index (χ4n) is 1.42.